The zero-order valence-electron chi connectivity index (χ0n) is 17.1. The van der Waals surface area contributed by atoms with E-state index in [-0.39, 0.29) is 42.8 Å². The molecule has 2 aliphatic heterocycles. The molecule has 0 radical (unpaired) electrons. The maximum atomic E-state index is 13.5. The lowest BCUT2D eigenvalue weighted by Crippen LogP contribution is -2.61. The number of hydrazone groups is 1. The summed E-state index contributed by atoms with van der Waals surface area (Å²) in [5.41, 5.74) is 1.20. The maximum absolute atomic E-state index is 13.5. The molecule has 2 aromatic carbocycles. The fraction of sp³-hybridized carbons (Fsp3) is 0.318. The number of methoxy groups -OCH3 is 1. The molecule has 2 heterocycles. The second-order valence-electron chi connectivity index (χ2n) is 7.37. The van der Waals surface area contributed by atoms with Crippen LogP contribution in [0.5, 0.6) is 11.5 Å². The minimum absolute atomic E-state index is 0.0245. The SMILES string of the molecule is COc1cc(F)ccc1C1=NN(C2CN(C(=O)c3ccccc3OC(F)F)C2)C(=O)CC1. The molecule has 10 heteroatoms. The van der Waals surface area contributed by atoms with Gasteiger partial charge in [0.05, 0.1) is 24.4 Å². The predicted molar refractivity (Wildman–Crippen MR) is 108 cm³/mol. The number of ether oxygens (including phenoxy) is 2. The monoisotopic (exact) mass is 447 g/mol. The van der Waals surface area contributed by atoms with Gasteiger partial charge in [-0.3, -0.25) is 9.59 Å². The van der Waals surface area contributed by atoms with Crippen molar-refractivity contribution in [2.24, 2.45) is 5.10 Å². The molecule has 0 atom stereocenters. The Morgan fingerprint density at radius 2 is 1.88 bits per heavy atom. The van der Waals surface area contributed by atoms with Crippen molar-refractivity contribution in [3.63, 3.8) is 0 Å². The van der Waals surface area contributed by atoms with Crippen molar-refractivity contribution in [1.82, 2.24) is 9.91 Å². The van der Waals surface area contributed by atoms with Crippen LogP contribution in [0.3, 0.4) is 0 Å². The molecule has 168 valence electrons. The zero-order valence-corrected chi connectivity index (χ0v) is 17.1. The molecule has 1 saturated heterocycles. The minimum atomic E-state index is -3.05. The molecule has 32 heavy (non-hydrogen) atoms. The third kappa shape index (κ3) is 4.25. The number of rotatable bonds is 6. The highest BCUT2D eigenvalue weighted by Gasteiger charge is 2.40. The first kappa shape index (κ1) is 21.7. The van der Waals surface area contributed by atoms with Crippen molar-refractivity contribution < 1.29 is 32.2 Å². The molecular formula is C22H20F3N3O4. The Morgan fingerprint density at radius 3 is 2.59 bits per heavy atom. The van der Waals surface area contributed by atoms with Gasteiger partial charge in [0, 0.05) is 37.6 Å². The number of amides is 2. The third-order valence-corrected chi connectivity index (χ3v) is 5.36. The second-order valence-corrected chi connectivity index (χ2v) is 7.37. The summed E-state index contributed by atoms with van der Waals surface area (Å²) >= 11 is 0. The highest BCUT2D eigenvalue weighted by atomic mass is 19.3. The zero-order chi connectivity index (χ0) is 22.8. The van der Waals surface area contributed by atoms with Crippen LogP contribution in [-0.2, 0) is 4.79 Å². The molecule has 0 bridgehead atoms. The van der Waals surface area contributed by atoms with Crippen LogP contribution in [0.15, 0.2) is 47.6 Å². The molecule has 0 saturated carbocycles. The molecule has 2 aromatic rings. The third-order valence-electron chi connectivity index (χ3n) is 5.36. The van der Waals surface area contributed by atoms with Gasteiger partial charge < -0.3 is 14.4 Å². The first-order chi connectivity index (χ1) is 15.4. The Kier molecular flexibility index (Phi) is 6.02. The fourth-order valence-electron chi connectivity index (χ4n) is 3.74. The lowest BCUT2D eigenvalue weighted by Gasteiger charge is -2.44. The molecule has 1 fully saturated rings. The van der Waals surface area contributed by atoms with E-state index in [1.165, 1.54) is 47.4 Å². The van der Waals surface area contributed by atoms with E-state index in [9.17, 15) is 22.8 Å². The van der Waals surface area contributed by atoms with Gasteiger partial charge in [0.2, 0.25) is 5.91 Å². The van der Waals surface area contributed by atoms with Crippen LogP contribution in [0.25, 0.3) is 0 Å². The van der Waals surface area contributed by atoms with Crippen molar-refractivity contribution in [2.45, 2.75) is 25.5 Å². The number of carbonyl (C=O) groups excluding carboxylic acids is 2. The first-order valence-corrected chi connectivity index (χ1v) is 9.94. The van der Waals surface area contributed by atoms with Crippen LogP contribution < -0.4 is 9.47 Å². The van der Waals surface area contributed by atoms with Crippen molar-refractivity contribution in [2.75, 3.05) is 20.2 Å². The van der Waals surface area contributed by atoms with Gasteiger partial charge in [-0.25, -0.2) is 9.40 Å². The molecule has 0 spiro atoms. The molecule has 0 aromatic heterocycles. The number of para-hydroxylation sites is 1. The molecule has 2 amide bonds. The summed E-state index contributed by atoms with van der Waals surface area (Å²) in [6, 6.07) is 9.52. The summed E-state index contributed by atoms with van der Waals surface area (Å²) in [6.45, 7) is -2.65. The number of likely N-dealkylation sites (tertiary alicyclic amines) is 1. The van der Waals surface area contributed by atoms with Crippen LogP contribution in [0.1, 0.15) is 28.8 Å². The smallest absolute Gasteiger partial charge is 0.387 e. The number of benzene rings is 2. The van der Waals surface area contributed by atoms with Gasteiger partial charge in [-0.05, 0) is 24.3 Å². The number of carbonyl (C=O) groups is 2. The summed E-state index contributed by atoms with van der Waals surface area (Å²) < 4.78 is 48.4. The quantitative estimate of drug-likeness (QED) is 0.682. The Bertz CT molecular complexity index is 1070. The van der Waals surface area contributed by atoms with Gasteiger partial charge in [-0.15, -0.1) is 0 Å². The van der Waals surface area contributed by atoms with Crippen LogP contribution >= 0.6 is 0 Å². The highest BCUT2D eigenvalue weighted by Crippen LogP contribution is 2.29. The summed E-state index contributed by atoms with van der Waals surface area (Å²) in [4.78, 5) is 26.6. The standard InChI is InChI=1S/C22H20F3N3O4/c1-31-19-10-13(23)6-7-15(19)17-8-9-20(29)28(26-17)14-11-27(12-14)21(30)16-4-2-3-5-18(16)32-22(24)25/h2-7,10,14,22H,8-9,11-12H2,1H3. The van der Waals surface area contributed by atoms with Crippen LogP contribution in [-0.4, -0.2) is 60.3 Å². The van der Waals surface area contributed by atoms with E-state index in [2.05, 4.69) is 9.84 Å². The molecule has 0 aliphatic carbocycles. The first-order valence-electron chi connectivity index (χ1n) is 9.94. The van der Waals surface area contributed by atoms with E-state index in [0.29, 0.717) is 23.4 Å². The van der Waals surface area contributed by atoms with Crippen molar-refractivity contribution in [3.8, 4) is 11.5 Å². The van der Waals surface area contributed by atoms with Gasteiger partial charge in [-0.1, -0.05) is 12.1 Å². The normalized spacial score (nSPS) is 16.7. The summed E-state index contributed by atoms with van der Waals surface area (Å²) in [5.74, 6) is -0.980. The van der Waals surface area contributed by atoms with E-state index in [1.807, 2.05) is 0 Å². The number of hydrogen-bond donors (Lipinski definition) is 0. The van der Waals surface area contributed by atoms with Gasteiger partial charge in [0.1, 0.15) is 17.3 Å². The fourth-order valence-corrected chi connectivity index (χ4v) is 3.74. The van der Waals surface area contributed by atoms with Crippen molar-refractivity contribution in [3.05, 3.63) is 59.4 Å². The summed E-state index contributed by atoms with van der Waals surface area (Å²) in [7, 11) is 1.43. The summed E-state index contributed by atoms with van der Waals surface area (Å²) in [5, 5.41) is 5.79. The Morgan fingerprint density at radius 1 is 1.12 bits per heavy atom. The number of halogens is 3. The number of nitrogens with zero attached hydrogens (tertiary/aromatic N) is 3. The topological polar surface area (TPSA) is 71.4 Å². The van der Waals surface area contributed by atoms with Crippen LogP contribution in [0.4, 0.5) is 13.2 Å². The minimum Gasteiger partial charge on any atom is -0.496 e. The van der Waals surface area contributed by atoms with Crippen LogP contribution in [0, 0.1) is 5.82 Å². The molecule has 7 nitrogen and oxygen atoms in total. The van der Waals surface area contributed by atoms with E-state index >= 15 is 0 Å². The van der Waals surface area contributed by atoms with Gasteiger partial charge in [0.25, 0.3) is 5.91 Å². The van der Waals surface area contributed by atoms with Crippen molar-refractivity contribution >= 4 is 17.5 Å². The highest BCUT2D eigenvalue weighted by molar-refractivity contribution is 6.06. The van der Waals surface area contributed by atoms with Gasteiger partial charge in [-0.2, -0.15) is 13.9 Å². The molecule has 2 aliphatic rings. The molecule has 0 unspecified atom stereocenters. The average Bonchev–Trinajstić information content (AvgIpc) is 2.74. The lowest BCUT2D eigenvalue weighted by molar-refractivity contribution is -0.137. The average molecular weight is 447 g/mol. The summed E-state index contributed by atoms with van der Waals surface area (Å²) in [6.07, 6.45) is 0.597. The van der Waals surface area contributed by atoms with E-state index < -0.39 is 18.3 Å². The predicted octanol–water partition coefficient (Wildman–Crippen LogP) is 3.29. The molecule has 4 rings (SSSR count). The lowest BCUT2D eigenvalue weighted by atomic mass is 10.0. The van der Waals surface area contributed by atoms with E-state index in [1.54, 1.807) is 12.1 Å². The van der Waals surface area contributed by atoms with Gasteiger partial charge in [0.15, 0.2) is 0 Å². The Labute approximate surface area is 182 Å². The Balaban J connectivity index is 1.49. The molecule has 0 N–H and O–H groups in total. The second kappa shape index (κ2) is 8.89. The van der Waals surface area contributed by atoms with E-state index in [0.717, 1.165) is 0 Å². The molecular weight excluding hydrogens is 427 g/mol. The maximum Gasteiger partial charge on any atom is 0.387 e. The number of hydrogen-bond acceptors (Lipinski definition) is 5. The van der Waals surface area contributed by atoms with Gasteiger partial charge >= 0.3 is 6.61 Å². The van der Waals surface area contributed by atoms with Crippen molar-refractivity contribution in [1.29, 1.82) is 0 Å². The largest absolute Gasteiger partial charge is 0.496 e. The number of alkyl halides is 2. The van der Waals surface area contributed by atoms with E-state index in [4.69, 9.17) is 4.74 Å². The van der Waals surface area contributed by atoms with Crippen LogP contribution in [0.2, 0.25) is 0 Å². The Hall–Kier alpha value is -3.56.